The van der Waals surface area contributed by atoms with Gasteiger partial charge in [-0.05, 0) is 39.2 Å². The second-order valence-electron chi connectivity index (χ2n) is 3.61. The van der Waals surface area contributed by atoms with E-state index in [-0.39, 0.29) is 0 Å². The maximum absolute atomic E-state index is 5.37. The van der Waals surface area contributed by atoms with E-state index in [2.05, 4.69) is 13.8 Å². The fourth-order valence-corrected chi connectivity index (χ4v) is 1.31. The van der Waals surface area contributed by atoms with Crippen molar-refractivity contribution in [3.63, 3.8) is 0 Å². The second-order valence-corrected chi connectivity index (χ2v) is 3.61. The highest BCUT2D eigenvalue weighted by Gasteiger charge is 1.97. The van der Waals surface area contributed by atoms with Gasteiger partial charge in [0.2, 0.25) is 0 Å². The van der Waals surface area contributed by atoms with Gasteiger partial charge < -0.3 is 10.5 Å². The molecule has 0 heterocycles. The lowest BCUT2D eigenvalue weighted by Crippen LogP contribution is -2.02. The molecule has 88 valence electrons. The first kappa shape index (κ1) is 16.4. The SMILES string of the molecule is CCCC(C)CCCN.CCOCC. The molecule has 0 saturated heterocycles. The van der Waals surface area contributed by atoms with E-state index in [0.29, 0.717) is 0 Å². The van der Waals surface area contributed by atoms with Gasteiger partial charge in [0.25, 0.3) is 0 Å². The molecule has 0 bridgehead atoms. The zero-order chi connectivity index (χ0) is 11.2. The molecular formula is C12H29NO. The molecule has 0 aliphatic carbocycles. The fourth-order valence-electron chi connectivity index (χ4n) is 1.31. The molecular weight excluding hydrogens is 174 g/mol. The summed E-state index contributed by atoms with van der Waals surface area (Å²) in [5.41, 5.74) is 5.37. The smallest absolute Gasteiger partial charge is 0.0437 e. The minimum absolute atomic E-state index is 0.844. The van der Waals surface area contributed by atoms with Crippen molar-refractivity contribution in [1.82, 2.24) is 0 Å². The van der Waals surface area contributed by atoms with Gasteiger partial charge in [0.15, 0.2) is 0 Å². The molecule has 0 aromatic rings. The van der Waals surface area contributed by atoms with E-state index in [1.807, 2.05) is 13.8 Å². The molecule has 0 radical (unpaired) electrons. The number of ether oxygens (including phenoxy) is 1. The van der Waals surface area contributed by atoms with Crippen LogP contribution in [-0.2, 0) is 4.74 Å². The molecule has 0 aliphatic rings. The van der Waals surface area contributed by atoms with Crippen molar-refractivity contribution < 1.29 is 4.74 Å². The van der Waals surface area contributed by atoms with E-state index >= 15 is 0 Å². The minimum atomic E-state index is 0.844. The van der Waals surface area contributed by atoms with Crippen LogP contribution in [0.25, 0.3) is 0 Å². The Morgan fingerprint density at radius 3 is 1.93 bits per heavy atom. The average molecular weight is 203 g/mol. The van der Waals surface area contributed by atoms with Crippen LogP contribution in [0.3, 0.4) is 0 Å². The summed E-state index contributed by atoms with van der Waals surface area (Å²) in [4.78, 5) is 0. The topological polar surface area (TPSA) is 35.2 Å². The van der Waals surface area contributed by atoms with Crippen LogP contribution < -0.4 is 5.73 Å². The summed E-state index contributed by atoms with van der Waals surface area (Å²) in [5, 5.41) is 0. The van der Waals surface area contributed by atoms with Crippen LogP contribution in [-0.4, -0.2) is 19.8 Å². The van der Waals surface area contributed by atoms with E-state index in [9.17, 15) is 0 Å². The summed E-state index contributed by atoms with van der Waals surface area (Å²) < 4.78 is 4.83. The molecule has 2 N–H and O–H groups in total. The van der Waals surface area contributed by atoms with Crippen LogP contribution in [0.4, 0.5) is 0 Å². The first-order chi connectivity index (χ1) is 6.72. The highest BCUT2D eigenvalue weighted by Crippen LogP contribution is 2.10. The van der Waals surface area contributed by atoms with Crippen molar-refractivity contribution in [3.05, 3.63) is 0 Å². The Kier molecular flexibility index (Phi) is 18.0. The molecule has 0 aromatic heterocycles. The molecule has 0 saturated carbocycles. The third kappa shape index (κ3) is 17.9. The molecule has 0 rings (SSSR count). The van der Waals surface area contributed by atoms with Gasteiger partial charge in [-0.1, -0.05) is 26.7 Å². The number of rotatable bonds is 7. The Bertz CT molecular complexity index is 84.4. The van der Waals surface area contributed by atoms with Gasteiger partial charge in [-0.15, -0.1) is 0 Å². The maximum Gasteiger partial charge on any atom is 0.0437 e. The van der Waals surface area contributed by atoms with Gasteiger partial charge in [0, 0.05) is 13.2 Å². The summed E-state index contributed by atoms with van der Waals surface area (Å²) in [5.74, 6) is 0.888. The lowest BCUT2D eigenvalue weighted by molar-refractivity contribution is 0.162. The molecule has 0 aliphatic heterocycles. The number of hydrogen-bond donors (Lipinski definition) is 1. The third-order valence-electron chi connectivity index (χ3n) is 2.09. The summed E-state index contributed by atoms with van der Waals surface area (Å²) in [7, 11) is 0. The van der Waals surface area contributed by atoms with Crippen molar-refractivity contribution in [2.24, 2.45) is 11.7 Å². The molecule has 14 heavy (non-hydrogen) atoms. The summed E-state index contributed by atoms with van der Waals surface area (Å²) in [6.07, 6.45) is 5.18. The molecule has 1 unspecified atom stereocenters. The van der Waals surface area contributed by atoms with Gasteiger partial charge in [0.05, 0.1) is 0 Å². The van der Waals surface area contributed by atoms with Gasteiger partial charge in [-0.25, -0.2) is 0 Å². The summed E-state index contributed by atoms with van der Waals surface area (Å²) in [6, 6.07) is 0. The average Bonchev–Trinajstić information content (AvgIpc) is 2.17. The van der Waals surface area contributed by atoms with Crippen LogP contribution >= 0.6 is 0 Å². The molecule has 0 spiro atoms. The predicted molar refractivity (Wildman–Crippen MR) is 64.5 cm³/mol. The van der Waals surface area contributed by atoms with Crippen molar-refractivity contribution >= 4 is 0 Å². The Morgan fingerprint density at radius 2 is 1.64 bits per heavy atom. The molecule has 2 heteroatoms. The fraction of sp³-hybridized carbons (Fsp3) is 1.00. The highest BCUT2D eigenvalue weighted by atomic mass is 16.5. The van der Waals surface area contributed by atoms with Crippen LogP contribution in [0.5, 0.6) is 0 Å². The van der Waals surface area contributed by atoms with Crippen molar-refractivity contribution in [2.75, 3.05) is 19.8 Å². The van der Waals surface area contributed by atoms with Crippen molar-refractivity contribution in [3.8, 4) is 0 Å². The van der Waals surface area contributed by atoms with Gasteiger partial charge in [0.1, 0.15) is 0 Å². The quantitative estimate of drug-likeness (QED) is 0.689. The lowest BCUT2D eigenvalue weighted by atomic mass is 10.0. The molecule has 2 nitrogen and oxygen atoms in total. The van der Waals surface area contributed by atoms with E-state index < -0.39 is 0 Å². The van der Waals surface area contributed by atoms with Crippen LogP contribution in [0, 0.1) is 5.92 Å². The zero-order valence-electron chi connectivity index (χ0n) is 10.5. The maximum atomic E-state index is 5.37. The monoisotopic (exact) mass is 203 g/mol. The first-order valence-corrected chi connectivity index (χ1v) is 6.00. The van der Waals surface area contributed by atoms with E-state index in [0.717, 1.165) is 25.7 Å². The summed E-state index contributed by atoms with van der Waals surface area (Å²) in [6.45, 7) is 11.1. The van der Waals surface area contributed by atoms with Crippen molar-refractivity contribution in [2.45, 2.75) is 53.4 Å². The Morgan fingerprint density at radius 1 is 1.07 bits per heavy atom. The van der Waals surface area contributed by atoms with E-state index in [4.69, 9.17) is 10.5 Å². The predicted octanol–water partition coefficient (Wildman–Crippen LogP) is 3.20. The highest BCUT2D eigenvalue weighted by molar-refractivity contribution is 4.51. The Hall–Kier alpha value is -0.0800. The largest absolute Gasteiger partial charge is 0.382 e. The van der Waals surface area contributed by atoms with Crippen molar-refractivity contribution in [1.29, 1.82) is 0 Å². The standard InChI is InChI=1S/C8H19N.C4H10O/c1-3-5-8(2)6-4-7-9;1-3-5-4-2/h8H,3-7,9H2,1-2H3;3-4H2,1-2H3. The van der Waals surface area contributed by atoms with Gasteiger partial charge in [-0.2, -0.15) is 0 Å². The third-order valence-corrected chi connectivity index (χ3v) is 2.09. The van der Waals surface area contributed by atoms with Crippen LogP contribution in [0.15, 0.2) is 0 Å². The van der Waals surface area contributed by atoms with Crippen LogP contribution in [0.1, 0.15) is 53.4 Å². The van der Waals surface area contributed by atoms with E-state index in [1.54, 1.807) is 0 Å². The van der Waals surface area contributed by atoms with Crippen LogP contribution in [0.2, 0.25) is 0 Å². The number of hydrogen-bond acceptors (Lipinski definition) is 2. The first-order valence-electron chi connectivity index (χ1n) is 6.00. The normalized spacial score (nSPS) is 11.8. The van der Waals surface area contributed by atoms with Gasteiger partial charge in [-0.3, -0.25) is 0 Å². The minimum Gasteiger partial charge on any atom is -0.382 e. The number of nitrogens with two attached hydrogens (primary N) is 1. The molecule has 0 fully saturated rings. The zero-order valence-corrected chi connectivity index (χ0v) is 10.5. The lowest BCUT2D eigenvalue weighted by Gasteiger charge is -2.06. The summed E-state index contributed by atoms with van der Waals surface area (Å²) >= 11 is 0. The molecule has 0 amide bonds. The Labute approximate surface area is 90.2 Å². The van der Waals surface area contributed by atoms with Gasteiger partial charge >= 0.3 is 0 Å². The second kappa shape index (κ2) is 15.4. The Balaban J connectivity index is 0. The van der Waals surface area contributed by atoms with E-state index in [1.165, 1.54) is 25.7 Å². The molecule has 0 aromatic carbocycles. The molecule has 1 atom stereocenters.